The zero-order valence-electron chi connectivity index (χ0n) is 4.91. The van der Waals surface area contributed by atoms with E-state index in [0.29, 0.717) is 0 Å². The molecule has 0 rings (SSSR count). The number of rotatable bonds is 2. The van der Waals surface area contributed by atoms with Gasteiger partial charge in [0.25, 0.3) is 0 Å². The average Bonchev–Trinajstić information content (AvgIpc) is 1.35. The molecule has 0 N–H and O–H groups in total. The van der Waals surface area contributed by atoms with Crippen LogP contribution in [0.25, 0.3) is 0 Å². The van der Waals surface area contributed by atoms with Gasteiger partial charge in [-0.25, -0.2) is 0 Å². The summed E-state index contributed by atoms with van der Waals surface area (Å²) in [6.07, 6.45) is 1.42. The molecule has 0 bridgehead atoms. The summed E-state index contributed by atoms with van der Waals surface area (Å²) in [5.41, 5.74) is 0. The van der Waals surface area contributed by atoms with Crippen molar-refractivity contribution in [2.75, 3.05) is 0 Å². The van der Waals surface area contributed by atoms with E-state index >= 15 is 0 Å². The maximum atomic E-state index is 2.45. The van der Waals surface area contributed by atoms with Crippen LogP contribution in [0, 0.1) is 0 Å². The Balaban J connectivity index is 2.63. The molecule has 0 aromatic rings. The van der Waals surface area contributed by atoms with Crippen LogP contribution in [0.5, 0.6) is 0 Å². The quantitative estimate of drug-likeness (QED) is 0.587. The molecule has 0 unspecified atom stereocenters. The van der Waals surface area contributed by atoms with Crippen molar-refractivity contribution < 1.29 is 0 Å². The second-order valence-electron chi connectivity index (χ2n) is 1.96. The van der Waals surface area contributed by atoms with E-state index in [9.17, 15) is 0 Å². The van der Waals surface area contributed by atoms with Gasteiger partial charge in [-0.05, 0) is 0 Å². The first-order valence-electron chi connectivity index (χ1n) is 2.56. The van der Waals surface area contributed by atoms with Crippen LogP contribution in [-0.2, 0) is 0 Å². The molecule has 0 nitrogen and oxygen atoms in total. The van der Waals surface area contributed by atoms with E-state index in [0.717, 1.165) is 0 Å². The Morgan fingerprint density at radius 2 is 1.83 bits per heavy atom. The molecule has 0 aromatic carbocycles. The van der Waals surface area contributed by atoms with E-state index in [-0.39, 0.29) is 0 Å². The second-order valence-corrected chi connectivity index (χ2v) is 10.3. The molecule has 0 saturated heterocycles. The first-order valence-corrected chi connectivity index (χ1v) is 10.3. The summed E-state index contributed by atoms with van der Waals surface area (Å²) < 4.78 is 1.57. The summed E-state index contributed by atoms with van der Waals surface area (Å²) >= 11 is -0.615. The van der Waals surface area contributed by atoms with Gasteiger partial charge in [-0.3, -0.25) is 0 Å². The zero-order valence-corrected chi connectivity index (χ0v) is 7.77. The van der Waals surface area contributed by atoms with Gasteiger partial charge in [0.1, 0.15) is 0 Å². The third-order valence-corrected chi connectivity index (χ3v) is 5.03. The van der Waals surface area contributed by atoms with Crippen molar-refractivity contribution >= 4 is 19.8 Å². The topological polar surface area (TPSA) is 0 Å². The summed E-state index contributed by atoms with van der Waals surface area (Å²) in [5, 5.41) is 0. The number of hydrogen-bond donors (Lipinski definition) is 0. The standard InChI is InChI=1S/C3H7.2CH3.Sn/c1-3-2;;;/h1,3H2,2H3;2*1H3;/q;;;+1. The van der Waals surface area contributed by atoms with Crippen molar-refractivity contribution in [3.63, 3.8) is 0 Å². The summed E-state index contributed by atoms with van der Waals surface area (Å²) in [6.45, 7) is 2.27. The van der Waals surface area contributed by atoms with E-state index in [4.69, 9.17) is 0 Å². The Bertz CT molecular complexity index is 25.1. The van der Waals surface area contributed by atoms with Gasteiger partial charge in [-0.1, -0.05) is 0 Å². The molecule has 0 saturated carbocycles. The molecule has 1 heteroatoms. The Hall–Kier alpha value is 0.799. The van der Waals surface area contributed by atoms with Crippen LogP contribution in [0.4, 0.5) is 0 Å². The van der Waals surface area contributed by atoms with Gasteiger partial charge in [-0.2, -0.15) is 0 Å². The van der Waals surface area contributed by atoms with Crippen molar-refractivity contribution in [3.05, 3.63) is 0 Å². The van der Waals surface area contributed by atoms with Crippen molar-refractivity contribution in [1.82, 2.24) is 0 Å². The summed E-state index contributed by atoms with van der Waals surface area (Å²) in [7, 11) is 0. The number of hydrogen-bond acceptors (Lipinski definition) is 0. The zero-order chi connectivity index (χ0) is 4.99. The molecule has 36 valence electrons. The molecule has 6 heavy (non-hydrogen) atoms. The van der Waals surface area contributed by atoms with Crippen molar-refractivity contribution in [2.24, 2.45) is 0 Å². The van der Waals surface area contributed by atoms with Gasteiger partial charge >= 0.3 is 47.4 Å². The summed E-state index contributed by atoms with van der Waals surface area (Å²) in [5.74, 6) is 0. The Morgan fingerprint density at radius 1 is 1.33 bits per heavy atom. The Morgan fingerprint density at radius 3 is 1.83 bits per heavy atom. The van der Waals surface area contributed by atoms with Crippen LogP contribution in [0.2, 0.25) is 14.3 Å². The van der Waals surface area contributed by atoms with Gasteiger partial charge in [0.15, 0.2) is 0 Å². The molecule has 0 amide bonds. The monoisotopic (exact) mass is 193 g/mol. The van der Waals surface area contributed by atoms with E-state index in [2.05, 4.69) is 16.8 Å². The summed E-state index contributed by atoms with van der Waals surface area (Å²) in [4.78, 5) is 4.90. The molecule has 0 spiro atoms. The fourth-order valence-corrected chi connectivity index (χ4v) is 3.35. The SMILES string of the molecule is CC[CH2][Sn+]([CH3])[CH3]. The van der Waals surface area contributed by atoms with Crippen molar-refractivity contribution in [2.45, 2.75) is 27.7 Å². The second kappa shape index (κ2) is 3.97. The molecular formula is C5H13Sn+. The van der Waals surface area contributed by atoms with Gasteiger partial charge in [0, 0.05) is 0 Å². The molecular weight excluding hydrogens is 179 g/mol. The van der Waals surface area contributed by atoms with E-state index in [1.165, 1.54) is 6.42 Å². The predicted molar refractivity (Wildman–Crippen MR) is 32.6 cm³/mol. The van der Waals surface area contributed by atoms with E-state index < -0.39 is 19.8 Å². The van der Waals surface area contributed by atoms with Crippen LogP contribution >= 0.6 is 0 Å². The molecule has 0 heterocycles. The van der Waals surface area contributed by atoms with Crippen molar-refractivity contribution in [1.29, 1.82) is 0 Å². The molecule has 0 radical (unpaired) electrons. The fraction of sp³-hybridized carbons (Fsp3) is 1.00. The molecule has 0 aliphatic rings. The van der Waals surface area contributed by atoms with Crippen molar-refractivity contribution in [3.8, 4) is 0 Å². The minimum absolute atomic E-state index is 0.615. The molecule has 0 aromatic heterocycles. The average molecular weight is 192 g/mol. The van der Waals surface area contributed by atoms with Gasteiger partial charge in [-0.15, -0.1) is 0 Å². The Kier molecular flexibility index (Phi) is 4.50. The first kappa shape index (κ1) is 6.80. The molecule has 0 atom stereocenters. The molecule has 0 fully saturated rings. The normalized spacial score (nSPS) is 8.50. The first-order chi connectivity index (χ1) is 2.77. The van der Waals surface area contributed by atoms with Gasteiger partial charge in [0.2, 0.25) is 0 Å². The fourth-order valence-electron chi connectivity index (χ4n) is 0.500. The third kappa shape index (κ3) is 4.80. The van der Waals surface area contributed by atoms with Crippen LogP contribution < -0.4 is 0 Å². The maximum absolute atomic E-state index is 2.45. The molecule has 0 aliphatic carbocycles. The van der Waals surface area contributed by atoms with Crippen LogP contribution in [0.15, 0.2) is 0 Å². The van der Waals surface area contributed by atoms with Crippen LogP contribution in [0.3, 0.4) is 0 Å². The van der Waals surface area contributed by atoms with Gasteiger partial charge in [0.05, 0.1) is 0 Å². The predicted octanol–water partition coefficient (Wildman–Crippen LogP) is 2.15. The van der Waals surface area contributed by atoms with E-state index in [1.54, 1.807) is 4.44 Å². The third-order valence-electron chi connectivity index (χ3n) is 0.750. The minimum atomic E-state index is -0.615. The summed E-state index contributed by atoms with van der Waals surface area (Å²) in [6, 6.07) is 0. The van der Waals surface area contributed by atoms with Crippen LogP contribution in [-0.4, -0.2) is 19.8 Å². The van der Waals surface area contributed by atoms with Crippen LogP contribution in [0.1, 0.15) is 13.3 Å². The molecule has 0 aliphatic heterocycles. The Labute approximate surface area is 47.7 Å². The van der Waals surface area contributed by atoms with Gasteiger partial charge < -0.3 is 0 Å². The van der Waals surface area contributed by atoms with E-state index in [1.807, 2.05) is 0 Å².